The molecule has 2 aromatic heterocycles. The Morgan fingerprint density at radius 1 is 1.17 bits per heavy atom. The van der Waals surface area contributed by atoms with Crippen molar-refractivity contribution < 1.29 is 4.74 Å². The van der Waals surface area contributed by atoms with Crippen molar-refractivity contribution in [2.45, 2.75) is 32.4 Å². The topological polar surface area (TPSA) is 54.0 Å². The van der Waals surface area contributed by atoms with E-state index in [1.165, 1.54) is 0 Å². The molecule has 0 aliphatic carbocycles. The summed E-state index contributed by atoms with van der Waals surface area (Å²) in [4.78, 5) is 14.4. The highest BCUT2D eigenvalue weighted by atomic mass is 16.5. The van der Waals surface area contributed by atoms with Gasteiger partial charge in [-0.2, -0.15) is 0 Å². The lowest BCUT2D eigenvalue weighted by Gasteiger charge is -2.32. The van der Waals surface area contributed by atoms with E-state index in [9.17, 15) is 0 Å². The minimum absolute atomic E-state index is 0.283. The maximum Gasteiger partial charge on any atom is 0.129 e. The maximum atomic E-state index is 6.27. The molecule has 0 amide bonds. The van der Waals surface area contributed by atoms with Gasteiger partial charge in [-0.1, -0.05) is 6.07 Å². The first-order valence-corrected chi connectivity index (χ1v) is 8.50. The van der Waals surface area contributed by atoms with Crippen LogP contribution in [0.1, 0.15) is 24.2 Å². The second kappa shape index (κ2) is 6.61. The fraction of sp³-hybridized carbons (Fsp3) is 0.368. The van der Waals surface area contributed by atoms with Gasteiger partial charge in [0, 0.05) is 49.1 Å². The Bertz CT molecular complexity index is 804. The van der Waals surface area contributed by atoms with Crippen LogP contribution in [0.5, 0.6) is 5.75 Å². The predicted octanol–water partition coefficient (Wildman–Crippen LogP) is 3.31. The summed E-state index contributed by atoms with van der Waals surface area (Å²) < 4.78 is 6.27. The summed E-state index contributed by atoms with van der Waals surface area (Å²) in [5.41, 5.74) is 3.13. The Balaban J connectivity index is 1.34. The first-order chi connectivity index (χ1) is 11.8. The molecule has 1 saturated heterocycles. The van der Waals surface area contributed by atoms with Gasteiger partial charge in [-0.25, -0.2) is 0 Å². The van der Waals surface area contributed by atoms with Gasteiger partial charge in [0.1, 0.15) is 11.9 Å². The SMILES string of the molecule is Cc1cnc(CN2CCC(Oc3cccc4[nH]ccc34)CC2)cn1. The maximum absolute atomic E-state index is 6.27. The monoisotopic (exact) mass is 322 g/mol. The first-order valence-electron chi connectivity index (χ1n) is 8.50. The smallest absolute Gasteiger partial charge is 0.129 e. The van der Waals surface area contributed by atoms with Crippen molar-refractivity contribution in [3.63, 3.8) is 0 Å². The van der Waals surface area contributed by atoms with E-state index in [4.69, 9.17) is 4.74 Å². The van der Waals surface area contributed by atoms with E-state index in [0.717, 1.165) is 60.5 Å². The fourth-order valence-corrected chi connectivity index (χ4v) is 3.25. The molecule has 1 N–H and O–H groups in total. The van der Waals surface area contributed by atoms with E-state index in [-0.39, 0.29) is 6.10 Å². The van der Waals surface area contributed by atoms with Crippen LogP contribution in [0.4, 0.5) is 0 Å². The van der Waals surface area contributed by atoms with Crippen LogP contribution >= 0.6 is 0 Å². The third-order valence-corrected chi connectivity index (χ3v) is 4.60. The van der Waals surface area contributed by atoms with Crippen molar-refractivity contribution in [2.75, 3.05) is 13.1 Å². The molecular weight excluding hydrogens is 300 g/mol. The zero-order valence-corrected chi connectivity index (χ0v) is 13.9. The Morgan fingerprint density at radius 3 is 2.83 bits per heavy atom. The molecule has 0 bridgehead atoms. The van der Waals surface area contributed by atoms with Crippen molar-refractivity contribution in [2.24, 2.45) is 0 Å². The summed E-state index contributed by atoms with van der Waals surface area (Å²) in [6.07, 6.45) is 8.04. The highest BCUT2D eigenvalue weighted by Crippen LogP contribution is 2.27. The van der Waals surface area contributed by atoms with Gasteiger partial charge < -0.3 is 9.72 Å². The number of nitrogens with one attached hydrogen (secondary N) is 1. The molecule has 0 saturated carbocycles. The summed E-state index contributed by atoms with van der Waals surface area (Å²) in [6.45, 7) is 4.89. The summed E-state index contributed by atoms with van der Waals surface area (Å²) >= 11 is 0. The summed E-state index contributed by atoms with van der Waals surface area (Å²) in [7, 11) is 0. The molecule has 1 aromatic carbocycles. The molecule has 3 heterocycles. The molecule has 1 fully saturated rings. The number of benzene rings is 1. The lowest BCUT2D eigenvalue weighted by atomic mass is 10.1. The second-order valence-electron chi connectivity index (χ2n) is 6.44. The minimum atomic E-state index is 0.283. The van der Waals surface area contributed by atoms with Crippen LogP contribution in [0.25, 0.3) is 10.9 Å². The highest BCUT2D eigenvalue weighted by molar-refractivity contribution is 5.85. The fourth-order valence-electron chi connectivity index (χ4n) is 3.25. The van der Waals surface area contributed by atoms with E-state index in [2.05, 4.69) is 38.1 Å². The Hall–Kier alpha value is -2.40. The number of hydrogen-bond donors (Lipinski definition) is 1. The number of aryl methyl sites for hydroxylation is 1. The van der Waals surface area contributed by atoms with Gasteiger partial charge in [0.15, 0.2) is 0 Å². The van der Waals surface area contributed by atoms with E-state index in [1.54, 1.807) is 0 Å². The van der Waals surface area contributed by atoms with Gasteiger partial charge in [-0.05, 0) is 38.0 Å². The van der Waals surface area contributed by atoms with Gasteiger partial charge in [-0.15, -0.1) is 0 Å². The molecule has 5 heteroatoms. The molecule has 0 unspecified atom stereocenters. The number of aromatic nitrogens is 3. The van der Waals surface area contributed by atoms with Gasteiger partial charge in [-0.3, -0.25) is 14.9 Å². The minimum Gasteiger partial charge on any atom is -0.490 e. The predicted molar refractivity (Wildman–Crippen MR) is 94.0 cm³/mol. The number of H-pyrrole nitrogens is 1. The van der Waals surface area contributed by atoms with E-state index in [0.29, 0.717) is 0 Å². The summed E-state index contributed by atoms with van der Waals surface area (Å²) in [6, 6.07) is 8.26. The number of piperidine rings is 1. The number of ether oxygens (including phenoxy) is 1. The number of rotatable bonds is 4. The van der Waals surface area contributed by atoms with E-state index >= 15 is 0 Å². The van der Waals surface area contributed by atoms with Crippen molar-refractivity contribution in [3.8, 4) is 5.75 Å². The third-order valence-electron chi connectivity index (χ3n) is 4.60. The van der Waals surface area contributed by atoms with Gasteiger partial charge in [0.05, 0.1) is 11.4 Å². The zero-order valence-electron chi connectivity index (χ0n) is 13.9. The molecule has 0 atom stereocenters. The summed E-state index contributed by atoms with van der Waals surface area (Å²) in [5.74, 6) is 0.983. The van der Waals surface area contributed by atoms with Crippen molar-refractivity contribution in [3.05, 3.63) is 54.2 Å². The lowest BCUT2D eigenvalue weighted by Crippen LogP contribution is -2.38. The van der Waals surface area contributed by atoms with Crippen LogP contribution in [0.2, 0.25) is 0 Å². The van der Waals surface area contributed by atoms with Crippen LogP contribution < -0.4 is 4.74 Å². The van der Waals surface area contributed by atoms with Gasteiger partial charge in [0.2, 0.25) is 0 Å². The van der Waals surface area contributed by atoms with Crippen LogP contribution in [0, 0.1) is 6.92 Å². The number of fused-ring (bicyclic) bond motifs is 1. The van der Waals surface area contributed by atoms with E-state index < -0.39 is 0 Å². The second-order valence-corrected chi connectivity index (χ2v) is 6.44. The van der Waals surface area contributed by atoms with Crippen molar-refractivity contribution in [1.82, 2.24) is 19.9 Å². The van der Waals surface area contributed by atoms with E-state index in [1.807, 2.05) is 31.6 Å². The van der Waals surface area contributed by atoms with Crippen LogP contribution in [0.15, 0.2) is 42.9 Å². The Kier molecular flexibility index (Phi) is 4.17. The molecular formula is C19H22N4O. The average Bonchev–Trinajstić information content (AvgIpc) is 3.08. The lowest BCUT2D eigenvalue weighted by molar-refractivity contribution is 0.0972. The molecule has 24 heavy (non-hydrogen) atoms. The molecule has 3 aromatic rings. The third kappa shape index (κ3) is 3.26. The molecule has 5 nitrogen and oxygen atoms in total. The highest BCUT2D eigenvalue weighted by Gasteiger charge is 2.21. The molecule has 124 valence electrons. The summed E-state index contributed by atoms with van der Waals surface area (Å²) in [5, 5.41) is 1.16. The average molecular weight is 322 g/mol. The van der Waals surface area contributed by atoms with Gasteiger partial charge >= 0.3 is 0 Å². The quantitative estimate of drug-likeness (QED) is 0.801. The molecule has 0 radical (unpaired) electrons. The molecule has 0 spiro atoms. The number of likely N-dealkylation sites (tertiary alicyclic amines) is 1. The van der Waals surface area contributed by atoms with Crippen molar-refractivity contribution >= 4 is 10.9 Å². The number of nitrogens with zero attached hydrogens (tertiary/aromatic N) is 3. The van der Waals surface area contributed by atoms with Crippen LogP contribution in [-0.4, -0.2) is 39.0 Å². The molecule has 1 aliphatic rings. The first kappa shape index (κ1) is 15.1. The van der Waals surface area contributed by atoms with Crippen molar-refractivity contribution in [1.29, 1.82) is 0 Å². The molecule has 4 rings (SSSR count). The zero-order chi connectivity index (χ0) is 16.4. The molecule has 1 aliphatic heterocycles. The largest absolute Gasteiger partial charge is 0.490 e. The van der Waals surface area contributed by atoms with Gasteiger partial charge in [0.25, 0.3) is 0 Å². The van der Waals surface area contributed by atoms with Crippen LogP contribution in [0.3, 0.4) is 0 Å². The number of aromatic amines is 1. The number of hydrogen-bond acceptors (Lipinski definition) is 4. The Morgan fingerprint density at radius 2 is 2.04 bits per heavy atom. The normalized spacial score (nSPS) is 16.5. The Labute approximate surface area is 141 Å². The standard InChI is InChI=1S/C19H22N4O/c1-14-11-22-15(12-21-14)13-23-9-6-16(7-10-23)24-19-4-2-3-18-17(19)5-8-20-18/h2-5,8,11-12,16,20H,6-7,9-10,13H2,1H3. The van der Waals surface area contributed by atoms with Crippen LogP contribution in [-0.2, 0) is 6.54 Å².